The minimum absolute atomic E-state index is 0.0426. The Morgan fingerprint density at radius 2 is 1.97 bits per heavy atom. The van der Waals surface area contributed by atoms with Crippen LogP contribution in [0.5, 0.6) is 5.75 Å². The van der Waals surface area contributed by atoms with Gasteiger partial charge in [-0.05, 0) is 31.3 Å². The number of fused-ring (bicyclic) bond motifs is 1. The Hall–Kier alpha value is -3.45. The Labute approximate surface area is 188 Å². The maximum absolute atomic E-state index is 13.1. The SMILES string of the molecule is CC(=O)N1CC(=O)c2c([nH]c(-c3ccncc3OCCN(C)C)c2Cc2ccccc2)C1. The highest BCUT2D eigenvalue weighted by Gasteiger charge is 2.31. The van der Waals surface area contributed by atoms with Crippen LogP contribution in [0.1, 0.15) is 34.1 Å². The van der Waals surface area contributed by atoms with Gasteiger partial charge in [0.25, 0.3) is 0 Å². The fraction of sp³-hybridized carbons (Fsp3) is 0.320. The third-order valence-electron chi connectivity index (χ3n) is 5.66. The van der Waals surface area contributed by atoms with E-state index in [1.807, 2.05) is 38.4 Å². The molecule has 0 aliphatic carbocycles. The van der Waals surface area contributed by atoms with E-state index in [9.17, 15) is 9.59 Å². The van der Waals surface area contributed by atoms with E-state index in [1.54, 1.807) is 17.3 Å². The van der Waals surface area contributed by atoms with Crippen molar-refractivity contribution in [2.24, 2.45) is 0 Å². The fourth-order valence-corrected chi connectivity index (χ4v) is 4.02. The summed E-state index contributed by atoms with van der Waals surface area (Å²) in [5.41, 5.74) is 5.22. The molecule has 0 spiro atoms. The van der Waals surface area contributed by atoms with Crippen LogP contribution in [0.2, 0.25) is 0 Å². The number of Topliss-reactive ketones (excluding diaryl/α,β-unsaturated/α-hetero) is 1. The summed E-state index contributed by atoms with van der Waals surface area (Å²) in [7, 11) is 3.99. The van der Waals surface area contributed by atoms with E-state index in [-0.39, 0.29) is 18.2 Å². The maximum Gasteiger partial charge on any atom is 0.220 e. The van der Waals surface area contributed by atoms with E-state index in [1.165, 1.54) is 6.92 Å². The summed E-state index contributed by atoms with van der Waals surface area (Å²) in [6.07, 6.45) is 4.04. The van der Waals surface area contributed by atoms with E-state index < -0.39 is 0 Å². The number of aromatic nitrogens is 2. The van der Waals surface area contributed by atoms with Gasteiger partial charge in [0.1, 0.15) is 12.4 Å². The lowest BCUT2D eigenvalue weighted by Gasteiger charge is -2.25. The Morgan fingerprint density at radius 3 is 2.69 bits per heavy atom. The average molecular weight is 433 g/mol. The molecule has 2 aromatic heterocycles. The van der Waals surface area contributed by atoms with Gasteiger partial charge in [-0.1, -0.05) is 30.3 Å². The molecule has 1 aromatic carbocycles. The number of aromatic amines is 1. The molecule has 1 aliphatic heterocycles. The molecular weight excluding hydrogens is 404 g/mol. The zero-order valence-corrected chi connectivity index (χ0v) is 18.7. The summed E-state index contributed by atoms with van der Waals surface area (Å²) in [6.45, 7) is 3.28. The van der Waals surface area contributed by atoms with Crippen molar-refractivity contribution in [2.45, 2.75) is 19.9 Å². The van der Waals surface area contributed by atoms with Crippen molar-refractivity contribution in [3.63, 3.8) is 0 Å². The Balaban J connectivity index is 1.80. The number of ether oxygens (including phenoxy) is 1. The first kappa shape index (κ1) is 21.8. The molecule has 3 aromatic rings. The first-order chi connectivity index (χ1) is 15.4. The predicted molar refractivity (Wildman–Crippen MR) is 123 cm³/mol. The Kier molecular flexibility index (Phi) is 6.37. The number of pyridine rings is 1. The molecule has 0 saturated heterocycles. The van der Waals surface area contributed by atoms with Gasteiger partial charge in [-0.15, -0.1) is 0 Å². The highest BCUT2D eigenvalue weighted by Crippen LogP contribution is 2.37. The molecule has 166 valence electrons. The summed E-state index contributed by atoms with van der Waals surface area (Å²) >= 11 is 0. The molecule has 0 atom stereocenters. The summed E-state index contributed by atoms with van der Waals surface area (Å²) in [4.78, 5) is 36.4. The summed E-state index contributed by atoms with van der Waals surface area (Å²) < 4.78 is 6.05. The zero-order chi connectivity index (χ0) is 22.7. The number of ketones is 1. The number of amides is 1. The van der Waals surface area contributed by atoms with Gasteiger partial charge in [0.2, 0.25) is 5.91 Å². The summed E-state index contributed by atoms with van der Waals surface area (Å²) in [5, 5.41) is 0. The van der Waals surface area contributed by atoms with Crippen LogP contribution in [0, 0.1) is 0 Å². The van der Waals surface area contributed by atoms with Gasteiger partial charge in [-0.3, -0.25) is 14.6 Å². The molecule has 1 N–H and O–H groups in total. The van der Waals surface area contributed by atoms with Crippen LogP contribution in [0.4, 0.5) is 0 Å². The second-order valence-corrected chi connectivity index (χ2v) is 8.32. The molecule has 4 rings (SSSR count). The highest BCUT2D eigenvalue weighted by molar-refractivity contribution is 6.04. The van der Waals surface area contributed by atoms with Gasteiger partial charge in [0.15, 0.2) is 5.78 Å². The highest BCUT2D eigenvalue weighted by atomic mass is 16.5. The molecule has 7 heteroatoms. The third kappa shape index (κ3) is 4.57. The lowest BCUT2D eigenvalue weighted by Crippen LogP contribution is -2.38. The van der Waals surface area contributed by atoms with E-state index in [2.05, 4.69) is 27.0 Å². The normalized spacial score (nSPS) is 13.4. The number of likely N-dealkylation sites (N-methyl/N-ethyl adjacent to an activating group) is 1. The van der Waals surface area contributed by atoms with Gasteiger partial charge >= 0.3 is 0 Å². The zero-order valence-electron chi connectivity index (χ0n) is 18.7. The van der Waals surface area contributed by atoms with Crippen molar-refractivity contribution in [2.75, 3.05) is 33.8 Å². The fourth-order valence-electron chi connectivity index (χ4n) is 4.02. The second-order valence-electron chi connectivity index (χ2n) is 8.32. The van der Waals surface area contributed by atoms with Gasteiger partial charge < -0.3 is 19.5 Å². The van der Waals surface area contributed by atoms with Crippen LogP contribution in [0.25, 0.3) is 11.3 Å². The number of hydrogen-bond acceptors (Lipinski definition) is 5. The van der Waals surface area contributed by atoms with E-state index >= 15 is 0 Å². The van der Waals surface area contributed by atoms with Crippen LogP contribution < -0.4 is 4.74 Å². The van der Waals surface area contributed by atoms with Gasteiger partial charge in [0.05, 0.1) is 25.0 Å². The second kappa shape index (κ2) is 9.36. The summed E-state index contributed by atoms with van der Waals surface area (Å²) in [5.74, 6) is 0.513. The molecule has 0 radical (unpaired) electrons. The lowest BCUT2D eigenvalue weighted by atomic mass is 9.93. The quantitative estimate of drug-likeness (QED) is 0.621. The topological polar surface area (TPSA) is 78.5 Å². The number of H-pyrrole nitrogens is 1. The summed E-state index contributed by atoms with van der Waals surface area (Å²) in [6, 6.07) is 12.0. The van der Waals surface area contributed by atoms with Crippen molar-refractivity contribution in [3.05, 3.63) is 71.2 Å². The van der Waals surface area contributed by atoms with Crippen LogP contribution in [-0.2, 0) is 17.8 Å². The van der Waals surface area contributed by atoms with E-state index in [4.69, 9.17) is 4.74 Å². The van der Waals surface area contributed by atoms with Crippen molar-refractivity contribution in [1.29, 1.82) is 0 Å². The number of benzene rings is 1. The number of nitrogens with zero attached hydrogens (tertiary/aromatic N) is 3. The van der Waals surface area contributed by atoms with Crippen molar-refractivity contribution < 1.29 is 14.3 Å². The molecule has 3 heterocycles. The van der Waals surface area contributed by atoms with Gasteiger partial charge in [-0.25, -0.2) is 0 Å². The van der Waals surface area contributed by atoms with E-state index in [0.717, 1.165) is 34.6 Å². The van der Waals surface area contributed by atoms with Crippen LogP contribution in [-0.4, -0.2) is 65.2 Å². The number of nitrogens with one attached hydrogen (secondary N) is 1. The van der Waals surface area contributed by atoms with Crippen molar-refractivity contribution in [3.8, 4) is 17.0 Å². The Bertz CT molecular complexity index is 1120. The van der Waals surface area contributed by atoms with Crippen LogP contribution in [0.15, 0.2) is 48.8 Å². The van der Waals surface area contributed by atoms with Gasteiger partial charge in [-0.2, -0.15) is 0 Å². The average Bonchev–Trinajstić information content (AvgIpc) is 3.13. The third-order valence-corrected chi connectivity index (χ3v) is 5.66. The Morgan fingerprint density at radius 1 is 1.19 bits per heavy atom. The largest absolute Gasteiger partial charge is 0.490 e. The number of carbonyl (C=O) groups is 2. The molecule has 7 nitrogen and oxygen atoms in total. The molecule has 0 fully saturated rings. The molecule has 32 heavy (non-hydrogen) atoms. The van der Waals surface area contributed by atoms with Crippen LogP contribution >= 0.6 is 0 Å². The first-order valence-electron chi connectivity index (χ1n) is 10.7. The minimum Gasteiger partial charge on any atom is -0.490 e. The van der Waals surface area contributed by atoms with E-state index in [0.29, 0.717) is 30.9 Å². The van der Waals surface area contributed by atoms with Gasteiger partial charge in [0, 0.05) is 42.9 Å². The predicted octanol–water partition coefficient (Wildman–Crippen LogP) is 3.15. The molecule has 0 saturated carbocycles. The number of hydrogen-bond donors (Lipinski definition) is 1. The maximum atomic E-state index is 13.1. The number of rotatable bonds is 7. The molecule has 1 aliphatic rings. The van der Waals surface area contributed by atoms with Crippen LogP contribution in [0.3, 0.4) is 0 Å². The first-order valence-corrected chi connectivity index (χ1v) is 10.7. The van der Waals surface area contributed by atoms with Crippen molar-refractivity contribution in [1.82, 2.24) is 19.8 Å². The molecule has 0 bridgehead atoms. The standard InChI is InChI=1S/C25H28N4O3/c1-17(30)29-15-21-24(22(31)16-29)20(13-18-7-5-4-6-8-18)25(27-21)19-9-10-26-14-23(19)32-12-11-28(2)3/h4-10,14,27H,11-13,15-16H2,1-3H3. The smallest absolute Gasteiger partial charge is 0.220 e. The molecule has 0 unspecified atom stereocenters. The van der Waals surface area contributed by atoms with Crippen molar-refractivity contribution >= 4 is 11.7 Å². The lowest BCUT2D eigenvalue weighted by molar-refractivity contribution is -0.129. The monoisotopic (exact) mass is 432 g/mol. The minimum atomic E-state index is -0.110. The molecule has 1 amide bonds. The molecular formula is C25H28N4O3. The number of carbonyl (C=O) groups excluding carboxylic acids is 2.